The monoisotopic (exact) mass is 927 g/mol. The normalized spacial score (nSPS) is 10.5. The molecule has 5 rings (SSSR count). The summed E-state index contributed by atoms with van der Waals surface area (Å²) >= 11 is 5.35. The van der Waals surface area contributed by atoms with Gasteiger partial charge in [-0.2, -0.15) is 13.2 Å². The van der Waals surface area contributed by atoms with Crippen molar-refractivity contribution in [1.82, 2.24) is 19.9 Å². The van der Waals surface area contributed by atoms with Gasteiger partial charge in [-0.05, 0) is 85.1 Å². The van der Waals surface area contributed by atoms with Gasteiger partial charge < -0.3 is 38.5 Å². The van der Waals surface area contributed by atoms with Gasteiger partial charge in [0.1, 0.15) is 5.71 Å². The fourth-order valence-corrected chi connectivity index (χ4v) is 5.79. The van der Waals surface area contributed by atoms with Crippen LogP contribution >= 0.6 is 11.3 Å². The molecule has 13 nitrogen and oxygen atoms in total. The van der Waals surface area contributed by atoms with Gasteiger partial charge in [0.25, 0.3) is 0 Å². The average molecular weight is 927 g/mol. The molecule has 5 aromatic rings. The summed E-state index contributed by atoms with van der Waals surface area (Å²) in [7, 11) is 0. The topological polar surface area (TPSA) is 238 Å². The first-order valence-corrected chi connectivity index (χ1v) is 17.6. The molecule has 0 radical (unpaired) electrons. The number of hydrogen-bond acceptors (Lipinski definition) is 12. The third kappa shape index (κ3) is 15.8. The van der Waals surface area contributed by atoms with Crippen LogP contribution < -0.4 is 34.7 Å². The van der Waals surface area contributed by atoms with Gasteiger partial charge in [-0.15, -0.1) is 17.0 Å². The second-order valence-electron chi connectivity index (χ2n) is 11.5. The Bertz CT molecular complexity index is 2210. The Morgan fingerprint density at radius 1 is 0.879 bits per heavy atom. The molecule has 0 amide bonds. The minimum atomic E-state index is -4.76. The van der Waals surface area contributed by atoms with Crippen LogP contribution in [0.15, 0.2) is 85.3 Å². The van der Waals surface area contributed by atoms with Crippen LogP contribution in [-0.4, -0.2) is 59.9 Å². The smallest absolute Gasteiger partial charge is 0.697 e. The predicted molar refractivity (Wildman–Crippen MR) is 203 cm³/mol. The number of allylic oxidation sites excluding steroid dienone is 1. The zero-order chi connectivity index (χ0) is 41.4. The van der Waals surface area contributed by atoms with Gasteiger partial charge in [0.05, 0.1) is 39.9 Å². The van der Waals surface area contributed by atoms with E-state index in [-0.39, 0.29) is 94.2 Å². The van der Waals surface area contributed by atoms with Crippen molar-refractivity contribution >= 4 is 53.3 Å². The Morgan fingerprint density at radius 3 is 1.95 bits per heavy atom. The Balaban J connectivity index is 0.000000527. The van der Waals surface area contributed by atoms with Crippen molar-refractivity contribution in [2.75, 3.05) is 0 Å². The molecule has 0 bridgehead atoms. The van der Waals surface area contributed by atoms with E-state index in [1.807, 2.05) is 6.07 Å². The molecule has 296 valence electrons. The van der Waals surface area contributed by atoms with E-state index in [1.54, 1.807) is 23.5 Å². The van der Waals surface area contributed by atoms with E-state index in [0.717, 1.165) is 23.3 Å². The van der Waals surface area contributed by atoms with Crippen LogP contribution in [-0.2, 0) is 38.5 Å². The number of hydrogen-bond donors (Lipinski definition) is 3. The molecule has 0 saturated carbocycles. The molecular weight excluding hydrogens is 896 g/mol. The number of halogens is 3. The van der Waals surface area contributed by atoms with Gasteiger partial charge in [0.2, 0.25) is 0 Å². The van der Waals surface area contributed by atoms with E-state index >= 15 is 0 Å². The number of rotatable bonds is 13. The van der Waals surface area contributed by atoms with E-state index < -0.39 is 35.5 Å². The second kappa shape index (κ2) is 24.7. The summed E-state index contributed by atoms with van der Waals surface area (Å²) < 4.78 is 37.4. The van der Waals surface area contributed by atoms with Crippen molar-refractivity contribution in [1.29, 1.82) is 10.7 Å². The fourth-order valence-electron chi connectivity index (χ4n) is 4.74. The number of carbonyl (C=O) groups is 3. The number of nitriles is 1. The molecular formula is C38H31F3N7NaO6RuS2. The number of aromatic nitrogens is 4. The Morgan fingerprint density at radius 2 is 1.41 bits per heavy atom. The number of carboxylic acids is 3. The van der Waals surface area contributed by atoms with Gasteiger partial charge in [0, 0.05) is 39.6 Å². The van der Waals surface area contributed by atoms with E-state index in [1.165, 1.54) is 84.5 Å². The maximum absolute atomic E-state index is 12.5. The van der Waals surface area contributed by atoms with Gasteiger partial charge in [0.15, 0.2) is 0 Å². The van der Waals surface area contributed by atoms with E-state index in [9.17, 15) is 37.8 Å². The molecule has 0 atom stereocenters. The average Bonchev–Trinajstić information content (AvgIpc) is 3.66. The van der Waals surface area contributed by atoms with Crippen LogP contribution in [0.25, 0.3) is 44.6 Å². The summed E-state index contributed by atoms with van der Waals surface area (Å²) in [4.78, 5) is 52.2. The Kier molecular flexibility index (Phi) is 21.8. The van der Waals surface area contributed by atoms with Crippen molar-refractivity contribution in [3.05, 3.63) is 118 Å². The number of aromatic carboxylic acids is 3. The number of nitrogens with zero attached hydrogens (tertiary/aromatic N) is 5. The summed E-state index contributed by atoms with van der Waals surface area (Å²) in [5.74, 6) is -3.83. The standard InChI is InChI=1S/C19H21F3N3S.C18H11N3O6.CHNS.Na.Ru/c1-2-3-4-5-6-14-7-8-17(26-14)13-9-10-25-16(11-13)15(23)12-18(24)19(20,21)22;22-16(23)9-1-3-19-12(5-9)14-7-11(18(26)27)8-15(21-14)13-6-10(17(24)25)2-4-20-13;2-1-3;;/h7-12,23-24H,2-6H2,1H3;1-8H,(H,22,23)(H,24,25)(H,26,27);3H;;/q-1;;;+1;+2/p-2/b15-12-,24-18?;;;;. The van der Waals surface area contributed by atoms with Crippen molar-refractivity contribution in [3.63, 3.8) is 0 Å². The molecule has 0 aliphatic carbocycles. The zero-order valence-corrected chi connectivity index (χ0v) is 36.1. The summed E-state index contributed by atoms with van der Waals surface area (Å²) in [6, 6.07) is 14.9. The number of aryl methyl sites for hydroxylation is 1. The third-order valence-corrected chi connectivity index (χ3v) is 8.65. The van der Waals surface area contributed by atoms with E-state index in [4.69, 9.17) is 21.5 Å². The molecule has 0 spiro atoms. The van der Waals surface area contributed by atoms with Gasteiger partial charge in [-0.1, -0.05) is 31.6 Å². The number of alkyl halides is 3. The maximum Gasteiger partial charge on any atom is 2.00 e. The molecule has 5 heterocycles. The molecule has 58 heavy (non-hydrogen) atoms. The van der Waals surface area contributed by atoms with Crippen LogP contribution in [0.2, 0.25) is 0 Å². The molecule has 0 aliphatic heterocycles. The molecule has 20 heteroatoms. The largest absolute Gasteiger partial charge is 2.00 e. The Labute approximate surface area is 375 Å². The first-order chi connectivity index (χ1) is 26.6. The molecule has 4 N–H and O–H groups in total. The fraction of sp³-hybridized carbons (Fsp3) is 0.184. The first kappa shape index (κ1) is 51.1. The third-order valence-electron chi connectivity index (χ3n) is 7.45. The van der Waals surface area contributed by atoms with Gasteiger partial charge in [-0.25, -0.2) is 19.8 Å². The van der Waals surface area contributed by atoms with Crippen molar-refractivity contribution < 1.29 is 91.9 Å². The van der Waals surface area contributed by atoms with Crippen molar-refractivity contribution in [2.24, 2.45) is 0 Å². The van der Waals surface area contributed by atoms with Crippen LogP contribution in [0.3, 0.4) is 0 Å². The predicted octanol–water partition coefficient (Wildman–Crippen LogP) is 4.89. The number of nitrogens with one attached hydrogen (secondary N) is 2. The van der Waals surface area contributed by atoms with Gasteiger partial charge in [-0.3, -0.25) is 20.4 Å². The molecule has 0 unspecified atom stereocenters. The number of thiocyanates is 1. The molecule has 0 fully saturated rings. The van der Waals surface area contributed by atoms with Gasteiger partial charge >= 0.3 is 67.2 Å². The summed E-state index contributed by atoms with van der Waals surface area (Å²) in [6.07, 6.45) is 5.52. The van der Waals surface area contributed by atoms with E-state index in [2.05, 4.69) is 45.6 Å². The summed E-state index contributed by atoms with van der Waals surface area (Å²) in [6.45, 7) is 2.18. The summed E-state index contributed by atoms with van der Waals surface area (Å²) in [5, 5.41) is 44.9. The first-order valence-electron chi connectivity index (χ1n) is 16.4. The number of pyridine rings is 4. The van der Waals surface area contributed by atoms with Crippen molar-refractivity contribution in [3.8, 4) is 38.6 Å². The zero-order valence-electron chi connectivity index (χ0n) is 30.7. The molecule has 0 aromatic carbocycles. The van der Waals surface area contributed by atoms with Crippen LogP contribution in [0.4, 0.5) is 13.2 Å². The SMILES string of the molecule is CCCCCCc1ccc(-c2ccnc(/C([NH-])=C/C(=N)C(F)(F)F)c2)s1.N#C[S-].O=C([O-])c1ccnc(-c2cc(C(=O)O)cc(-c3cc(C(=O)O)ccn3)n2)c1.[Na+].[Ru+2]. The van der Waals surface area contributed by atoms with Crippen LogP contribution in [0.1, 0.15) is 74.3 Å². The Hall–Kier alpha value is -4.96. The van der Waals surface area contributed by atoms with Crippen LogP contribution in [0, 0.1) is 16.1 Å². The summed E-state index contributed by atoms with van der Waals surface area (Å²) in [5.41, 5.74) is 6.88. The minimum Gasteiger partial charge on any atom is -0.697 e. The second-order valence-corrected chi connectivity index (χ2v) is 12.8. The number of carboxylic acid groups (broad SMARTS) is 3. The van der Waals surface area contributed by atoms with Crippen LogP contribution in [0.5, 0.6) is 0 Å². The van der Waals surface area contributed by atoms with E-state index in [0.29, 0.717) is 6.08 Å². The van der Waals surface area contributed by atoms with Crippen molar-refractivity contribution in [2.45, 2.75) is 45.2 Å². The number of unbranched alkanes of at least 4 members (excludes halogenated alkanes) is 3. The molecule has 0 saturated heterocycles. The molecule has 5 aromatic heterocycles. The maximum atomic E-state index is 12.5. The molecule has 0 aliphatic rings. The number of carbonyl (C=O) groups excluding carboxylic acids is 1. The number of thiophene rings is 1. The minimum absolute atomic E-state index is 0. The quantitative estimate of drug-likeness (QED) is 0.0471.